The predicted molar refractivity (Wildman–Crippen MR) is 83.1 cm³/mol. The number of carbonyl (C=O) groups is 1. The lowest BCUT2D eigenvalue weighted by Crippen LogP contribution is -2.62. The lowest BCUT2D eigenvalue weighted by Gasteiger charge is -2.48. The van der Waals surface area contributed by atoms with Gasteiger partial charge < -0.3 is 9.64 Å². The molecule has 0 radical (unpaired) electrons. The number of benzene rings is 1. The Morgan fingerprint density at radius 1 is 1.30 bits per heavy atom. The fourth-order valence-corrected chi connectivity index (χ4v) is 2.99. The first-order valence-corrected chi connectivity index (χ1v) is 7.63. The average molecular weight is 337 g/mol. The van der Waals surface area contributed by atoms with Gasteiger partial charge in [0.2, 0.25) is 0 Å². The van der Waals surface area contributed by atoms with Crippen molar-refractivity contribution in [1.29, 1.82) is 0 Å². The van der Waals surface area contributed by atoms with Crippen molar-refractivity contribution in [2.45, 2.75) is 20.0 Å². The summed E-state index contributed by atoms with van der Waals surface area (Å²) in [7, 11) is 0. The van der Waals surface area contributed by atoms with Gasteiger partial charge in [0.25, 0.3) is 0 Å². The Morgan fingerprint density at radius 2 is 1.85 bits per heavy atom. The van der Waals surface area contributed by atoms with Gasteiger partial charge in [-0.15, -0.1) is 11.6 Å². The maximum atomic E-state index is 12.1. The summed E-state index contributed by atoms with van der Waals surface area (Å²) in [5.41, 5.74) is 0.251. The summed E-state index contributed by atoms with van der Waals surface area (Å²) in [6.45, 7) is 4.68. The van der Waals surface area contributed by atoms with Gasteiger partial charge in [-0.3, -0.25) is 4.79 Å². The van der Waals surface area contributed by atoms with Crippen LogP contribution in [0.3, 0.4) is 0 Å². The Hall–Kier alpha value is -0.640. The summed E-state index contributed by atoms with van der Waals surface area (Å²) >= 11 is 17.9. The first-order chi connectivity index (χ1) is 9.36. The molecular formula is C14H16Cl3NO2. The molecule has 1 heterocycles. The molecule has 20 heavy (non-hydrogen) atoms. The third-order valence-electron chi connectivity index (χ3n) is 3.23. The van der Waals surface area contributed by atoms with Crippen LogP contribution in [0.1, 0.15) is 13.8 Å². The summed E-state index contributed by atoms with van der Waals surface area (Å²) in [5.74, 6) is -0.00420. The predicted octanol–water partition coefficient (Wildman–Crippen LogP) is 3.99. The molecule has 0 atom stereocenters. The maximum Gasteiger partial charge on any atom is 0.317 e. The van der Waals surface area contributed by atoms with E-state index in [1.54, 1.807) is 6.07 Å². The Balaban J connectivity index is 2.09. The van der Waals surface area contributed by atoms with Crippen LogP contribution in [0.25, 0.3) is 0 Å². The van der Waals surface area contributed by atoms with E-state index in [1.807, 2.05) is 30.9 Å². The smallest absolute Gasteiger partial charge is 0.317 e. The van der Waals surface area contributed by atoms with Crippen LogP contribution in [-0.4, -0.2) is 31.0 Å². The maximum absolute atomic E-state index is 12.1. The highest BCUT2D eigenvalue weighted by Crippen LogP contribution is 2.38. The van der Waals surface area contributed by atoms with Gasteiger partial charge in [-0.25, -0.2) is 0 Å². The number of ether oxygens (including phenoxy) is 1. The summed E-state index contributed by atoms with van der Waals surface area (Å²) in [6.07, 6.45) is -0.141. The van der Waals surface area contributed by atoms with E-state index in [-0.39, 0.29) is 18.0 Å². The molecule has 0 spiro atoms. The van der Waals surface area contributed by atoms with Crippen molar-refractivity contribution in [2.24, 2.45) is 5.41 Å². The van der Waals surface area contributed by atoms with Gasteiger partial charge in [-0.05, 0) is 32.0 Å². The van der Waals surface area contributed by atoms with Crippen molar-refractivity contribution in [1.82, 2.24) is 0 Å². The highest BCUT2D eigenvalue weighted by Gasteiger charge is 2.50. The summed E-state index contributed by atoms with van der Waals surface area (Å²) < 4.78 is 5.28. The molecule has 0 aliphatic carbocycles. The largest absolute Gasteiger partial charge is 0.462 e. The van der Waals surface area contributed by atoms with E-state index in [0.717, 1.165) is 5.69 Å². The molecule has 1 saturated heterocycles. The second kappa shape index (κ2) is 6.00. The van der Waals surface area contributed by atoms with Crippen LogP contribution in [0.5, 0.6) is 0 Å². The molecule has 110 valence electrons. The number of nitrogens with zero attached hydrogens (tertiary/aromatic N) is 1. The number of esters is 1. The average Bonchev–Trinajstić information content (AvgIpc) is 2.25. The number of anilines is 1. The van der Waals surface area contributed by atoms with Crippen LogP contribution in [-0.2, 0) is 9.53 Å². The molecule has 1 aromatic carbocycles. The molecule has 1 aliphatic heterocycles. The van der Waals surface area contributed by atoms with E-state index in [2.05, 4.69) is 0 Å². The molecule has 0 amide bonds. The Kier molecular flexibility index (Phi) is 4.73. The van der Waals surface area contributed by atoms with Gasteiger partial charge in [0, 0.05) is 34.7 Å². The SMILES string of the molecule is CC(C)OC(=O)C1(CCl)CN(c2cc(Cl)cc(Cl)c2)C1. The third kappa shape index (κ3) is 3.16. The monoisotopic (exact) mass is 335 g/mol. The lowest BCUT2D eigenvalue weighted by molar-refractivity contribution is -0.160. The zero-order chi connectivity index (χ0) is 14.9. The van der Waals surface area contributed by atoms with E-state index < -0.39 is 5.41 Å². The number of hydrogen-bond donors (Lipinski definition) is 0. The molecule has 2 rings (SSSR count). The number of carbonyl (C=O) groups excluding carboxylic acids is 1. The molecular weight excluding hydrogens is 321 g/mol. The van der Waals surface area contributed by atoms with Gasteiger partial charge in [-0.2, -0.15) is 0 Å². The summed E-state index contributed by atoms with van der Waals surface area (Å²) in [6, 6.07) is 5.31. The molecule has 0 unspecified atom stereocenters. The number of halogens is 3. The Labute approximate surface area is 133 Å². The number of hydrogen-bond acceptors (Lipinski definition) is 3. The van der Waals surface area contributed by atoms with Gasteiger partial charge >= 0.3 is 5.97 Å². The fraction of sp³-hybridized carbons (Fsp3) is 0.500. The van der Waals surface area contributed by atoms with Crippen molar-refractivity contribution < 1.29 is 9.53 Å². The fourth-order valence-electron chi connectivity index (χ4n) is 2.20. The highest BCUT2D eigenvalue weighted by molar-refractivity contribution is 6.35. The van der Waals surface area contributed by atoms with Crippen LogP contribution in [0.15, 0.2) is 18.2 Å². The molecule has 1 fully saturated rings. The molecule has 6 heteroatoms. The Morgan fingerprint density at radius 3 is 2.30 bits per heavy atom. The van der Waals surface area contributed by atoms with Crippen LogP contribution < -0.4 is 4.90 Å². The standard InChI is InChI=1S/C14H16Cl3NO2/c1-9(2)20-13(19)14(6-15)7-18(8-14)12-4-10(16)3-11(17)5-12/h3-5,9H,6-8H2,1-2H3. The number of alkyl halides is 1. The first kappa shape index (κ1) is 15.7. The van der Waals surface area contributed by atoms with Crippen molar-refractivity contribution in [2.75, 3.05) is 23.9 Å². The molecule has 1 aliphatic rings. The molecule has 3 nitrogen and oxygen atoms in total. The van der Waals surface area contributed by atoms with Gasteiger partial charge in [0.15, 0.2) is 0 Å². The Bertz CT molecular complexity index is 493. The minimum atomic E-state index is -0.638. The second-order valence-electron chi connectivity index (χ2n) is 5.35. The zero-order valence-corrected chi connectivity index (χ0v) is 13.6. The first-order valence-electron chi connectivity index (χ1n) is 6.34. The highest BCUT2D eigenvalue weighted by atomic mass is 35.5. The van der Waals surface area contributed by atoms with Crippen molar-refractivity contribution in [3.63, 3.8) is 0 Å². The quantitative estimate of drug-likeness (QED) is 0.615. The van der Waals surface area contributed by atoms with Crippen LogP contribution in [0.2, 0.25) is 10.0 Å². The molecule has 0 N–H and O–H groups in total. The van der Waals surface area contributed by atoms with Crippen LogP contribution in [0.4, 0.5) is 5.69 Å². The van der Waals surface area contributed by atoms with Gasteiger partial charge in [0.05, 0.1) is 6.10 Å². The topological polar surface area (TPSA) is 29.5 Å². The van der Waals surface area contributed by atoms with E-state index in [4.69, 9.17) is 39.5 Å². The second-order valence-corrected chi connectivity index (χ2v) is 6.49. The van der Waals surface area contributed by atoms with Crippen molar-refractivity contribution in [3.8, 4) is 0 Å². The normalized spacial score (nSPS) is 17.0. The molecule has 1 aromatic rings. The minimum Gasteiger partial charge on any atom is -0.462 e. The molecule has 0 saturated carbocycles. The minimum absolute atomic E-state index is 0.141. The lowest BCUT2D eigenvalue weighted by atomic mass is 9.81. The summed E-state index contributed by atoms with van der Waals surface area (Å²) in [4.78, 5) is 14.1. The van der Waals surface area contributed by atoms with Crippen molar-refractivity contribution in [3.05, 3.63) is 28.2 Å². The molecule has 0 bridgehead atoms. The number of rotatable bonds is 4. The van der Waals surface area contributed by atoms with Crippen LogP contribution in [0, 0.1) is 5.41 Å². The van der Waals surface area contributed by atoms with E-state index in [1.165, 1.54) is 0 Å². The zero-order valence-electron chi connectivity index (χ0n) is 11.3. The summed E-state index contributed by atoms with van der Waals surface area (Å²) in [5, 5.41) is 1.14. The van der Waals surface area contributed by atoms with Gasteiger partial charge in [-0.1, -0.05) is 23.2 Å². The van der Waals surface area contributed by atoms with Crippen molar-refractivity contribution >= 4 is 46.5 Å². The third-order valence-corrected chi connectivity index (χ3v) is 4.18. The van der Waals surface area contributed by atoms with Gasteiger partial charge in [0.1, 0.15) is 5.41 Å². The van der Waals surface area contributed by atoms with E-state index in [0.29, 0.717) is 23.1 Å². The van der Waals surface area contributed by atoms with E-state index in [9.17, 15) is 4.79 Å². The van der Waals surface area contributed by atoms with E-state index >= 15 is 0 Å². The molecule has 0 aromatic heterocycles. The van der Waals surface area contributed by atoms with Crippen LogP contribution >= 0.6 is 34.8 Å².